The highest BCUT2D eigenvalue weighted by atomic mass is 32.1. The Bertz CT molecular complexity index is 954. The highest BCUT2D eigenvalue weighted by Gasteiger charge is 2.35. The summed E-state index contributed by atoms with van der Waals surface area (Å²) in [6, 6.07) is 8.13. The first kappa shape index (κ1) is 9.63. The van der Waals surface area contributed by atoms with Crippen LogP contribution in [0.5, 0.6) is 0 Å². The Morgan fingerprint density at radius 1 is 1.16 bits per heavy atom. The number of thiazole rings is 1. The van der Waals surface area contributed by atoms with E-state index in [1.165, 1.54) is 10.6 Å². The van der Waals surface area contributed by atoms with Crippen molar-refractivity contribution in [3.8, 4) is 10.7 Å². The molecule has 0 amide bonds. The molecule has 4 nitrogen and oxygen atoms in total. The summed E-state index contributed by atoms with van der Waals surface area (Å²) in [6.45, 7) is 0.863. The van der Waals surface area contributed by atoms with Crippen LogP contribution in [0, 0.1) is 0 Å². The molecule has 5 heterocycles. The van der Waals surface area contributed by atoms with Crippen LogP contribution in [-0.4, -0.2) is 9.97 Å². The van der Waals surface area contributed by atoms with E-state index in [4.69, 9.17) is 4.42 Å². The van der Waals surface area contributed by atoms with Gasteiger partial charge in [0, 0.05) is 12.4 Å². The second-order valence-electron chi connectivity index (χ2n) is 4.60. The average Bonchev–Trinajstić information content (AvgIpc) is 3.05. The minimum atomic E-state index is 0.711. The SMILES string of the molecule is c1cnc2c(c1)C[n+]1c-2sc2oc3ncccc3c21. The van der Waals surface area contributed by atoms with E-state index in [0.29, 0.717) is 5.71 Å². The lowest BCUT2D eigenvalue weighted by Crippen LogP contribution is -2.30. The number of nitrogens with zero attached hydrogens (tertiary/aromatic N) is 3. The Kier molecular flexibility index (Phi) is 1.62. The molecule has 0 saturated carbocycles. The minimum Gasteiger partial charge on any atom is -0.420 e. The van der Waals surface area contributed by atoms with Gasteiger partial charge in [0.05, 0.1) is 5.56 Å². The molecule has 1 aliphatic heterocycles. The lowest BCUT2D eigenvalue weighted by molar-refractivity contribution is -0.641. The van der Waals surface area contributed by atoms with Gasteiger partial charge in [0.15, 0.2) is 12.2 Å². The summed E-state index contributed by atoms with van der Waals surface area (Å²) in [4.78, 5) is 9.69. The first-order chi connectivity index (χ1) is 9.42. The molecule has 0 atom stereocenters. The predicted octanol–water partition coefficient (Wildman–Crippen LogP) is 2.75. The Morgan fingerprint density at radius 2 is 2.05 bits per heavy atom. The zero-order valence-electron chi connectivity index (χ0n) is 9.83. The Labute approximate surface area is 112 Å². The van der Waals surface area contributed by atoms with Gasteiger partial charge in [0.1, 0.15) is 5.39 Å². The van der Waals surface area contributed by atoms with Crippen molar-refractivity contribution in [2.45, 2.75) is 6.54 Å². The fourth-order valence-corrected chi connectivity index (χ4v) is 3.88. The van der Waals surface area contributed by atoms with E-state index in [1.54, 1.807) is 17.5 Å². The predicted molar refractivity (Wildman–Crippen MR) is 71.9 cm³/mol. The summed E-state index contributed by atoms with van der Waals surface area (Å²) in [5, 5.41) is 2.25. The van der Waals surface area contributed by atoms with Crippen LogP contribution in [0.1, 0.15) is 5.56 Å². The maximum Gasteiger partial charge on any atom is 0.292 e. The minimum absolute atomic E-state index is 0.711. The number of rotatable bonds is 0. The fourth-order valence-electron chi connectivity index (χ4n) is 2.72. The summed E-state index contributed by atoms with van der Waals surface area (Å²) in [7, 11) is 0. The van der Waals surface area contributed by atoms with Crippen molar-refractivity contribution in [2.24, 2.45) is 0 Å². The van der Waals surface area contributed by atoms with E-state index < -0.39 is 0 Å². The van der Waals surface area contributed by atoms with Crippen molar-refractivity contribution >= 4 is 32.8 Å². The van der Waals surface area contributed by atoms with Gasteiger partial charge in [-0.05, 0) is 35.6 Å². The van der Waals surface area contributed by atoms with Crippen LogP contribution >= 0.6 is 11.3 Å². The van der Waals surface area contributed by atoms with Crippen LogP contribution in [0.2, 0.25) is 0 Å². The fraction of sp³-hybridized carbons (Fsp3) is 0.0714. The van der Waals surface area contributed by atoms with E-state index in [2.05, 4.69) is 26.7 Å². The maximum absolute atomic E-state index is 5.82. The summed E-state index contributed by atoms with van der Waals surface area (Å²) in [5.41, 5.74) is 4.20. The summed E-state index contributed by atoms with van der Waals surface area (Å²) < 4.78 is 8.11. The van der Waals surface area contributed by atoms with E-state index in [9.17, 15) is 0 Å². The zero-order chi connectivity index (χ0) is 12.4. The van der Waals surface area contributed by atoms with Crippen molar-refractivity contribution in [1.29, 1.82) is 0 Å². The molecule has 5 rings (SSSR count). The van der Waals surface area contributed by atoms with Crippen LogP contribution in [0.15, 0.2) is 41.1 Å². The molecule has 0 aromatic carbocycles. The lowest BCUT2D eigenvalue weighted by Gasteiger charge is -1.88. The van der Waals surface area contributed by atoms with Gasteiger partial charge in [0.2, 0.25) is 5.71 Å². The van der Waals surface area contributed by atoms with Gasteiger partial charge in [-0.2, -0.15) is 4.57 Å². The van der Waals surface area contributed by atoms with Crippen molar-refractivity contribution in [2.75, 3.05) is 0 Å². The summed E-state index contributed by atoms with van der Waals surface area (Å²) in [6.07, 6.45) is 3.60. The number of hydrogen-bond acceptors (Lipinski definition) is 4. The van der Waals surface area contributed by atoms with Crippen molar-refractivity contribution in [3.05, 3.63) is 42.2 Å². The van der Waals surface area contributed by atoms with Gasteiger partial charge in [-0.3, -0.25) is 0 Å². The third-order valence-electron chi connectivity index (χ3n) is 3.54. The second-order valence-corrected chi connectivity index (χ2v) is 5.56. The second kappa shape index (κ2) is 3.19. The molecule has 0 aliphatic carbocycles. The van der Waals surface area contributed by atoms with Gasteiger partial charge < -0.3 is 4.42 Å². The summed E-state index contributed by atoms with van der Waals surface area (Å²) >= 11 is 1.65. The highest BCUT2D eigenvalue weighted by Crippen LogP contribution is 2.37. The van der Waals surface area contributed by atoms with E-state index in [-0.39, 0.29) is 0 Å². The quantitative estimate of drug-likeness (QED) is 0.405. The smallest absolute Gasteiger partial charge is 0.292 e. The van der Waals surface area contributed by atoms with Gasteiger partial charge in [-0.1, -0.05) is 0 Å². The largest absolute Gasteiger partial charge is 0.420 e. The molecule has 4 aromatic rings. The van der Waals surface area contributed by atoms with Crippen LogP contribution in [0.3, 0.4) is 0 Å². The normalized spacial score (nSPS) is 13.1. The summed E-state index contributed by atoms with van der Waals surface area (Å²) in [5.74, 6) is 0. The zero-order valence-corrected chi connectivity index (χ0v) is 10.6. The van der Waals surface area contributed by atoms with Crippen LogP contribution in [-0.2, 0) is 6.54 Å². The van der Waals surface area contributed by atoms with Crippen LogP contribution in [0.25, 0.3) is 32.2 Å². The topological polar surface area (TPSA) is 42.8 Å². The number of aromatic nitrogens is 3. The Morgan fingerprint density at radius 3 is 3.05 bits per heavy atom. The third-order valence-corrected chi connectivity index (χ3v) is 4.60. The van der Waals surface area contributed by atoms with Crippen molar-refractivity contribution < 1.29 is 8.98 Å². The molecule has 19 heavy (non-hydrogen) atoms. The van der Waals surface area contributed by atoms with Crippen LogP contribution in [0.4, 0.5) is 0 Å². The third kappa shape index (κ3) is 1.11. The first-order valence-corrected chi connectivity index (χ1v) is 6.87. The molecule has 0 bridgehead atoms. The van der Waals surface area contributed by atoms with Gasteiger partial charge in [0.25, 0.3) is 15.4 Å². The maximum atomic E-state index is 5.82. The number of pyridine rings is 2. The van der Waals surface area contributed by atoms with Gasteiger partial charge in [-0.15, -0.1) is 0 Å². The average molecular weight is 266 g/mol. The van der Waals surface area contributed by atoms with Crippen molar-refractivity contribution in [3.63, 3.8) is 0 Å². The Balaban J connectivity index is 1.94. The van der Waals surface area contributed by atoms with Gasteiger partial charge >= 0.3 is 0 Å². The van der Waals surface area contributed by atoms with Gasteiger partial charge in [-0.25, -0.2) is 9.97 Å². The van der Waals surface area contributed by atoms with Crippen molar-refractivity contribution in [1.82, 2.24) is 9.97 Å². The first-order valence-electron chi connectivity index (χ1n) is 6.06. The molecule has 0 fully saturated rings. The molecule has 5 heteroatoms. The van der Waals surface area contributed by atoms with E-state index >= 15 is 0 Å². The monoisotopic (exact) mass is 266 g/mol. The Hall–Kier alpha value is -2.27. The number of fused-ring (bicyclic) bond motifs is 7. The van der Waals surface area contributed by atoms with Crippen LogP contribution < -0.4 is 4.57 Å². The molecule has 90 valence electrons. The van der Waals surface area contributed by atoms with E-state index in [1.807, 2.05) is 18.3 Å². The molecular weight excluding hydrogens is 258 g/mol. The molecule has 0 radical (unpaired) electrons. The molecule has 0 saturated heterocycles. The molecule has 0 N–H and O–H groups in total. The molecule has 0 unspecified atom stereocenters. The highest BCUT2D eigenvalue weighted by molar-refractivity contribution is 7.20. The number of hydrogen-bond donors (Lipinski definition) is 0. The lowest BCUT2D eigenvalue weighted by atomic mass is 10.2. The molecule has 4 aromatic heterocycles. The molecule has 1 aliphatic rings. The molecular formula is C14H8N3OS+. The van der Waals surface area contributed by atoms with E-state index in [0.717, 1.165) is 28.0 Å². The standard InChI is InChI=1S/C14H8N3OS/c1-3-8-7-17-11-9-4-2-6-16-12(9)18-14(11)19-13(17)10(8)15-5-1/h1-6H,7H2/q+1. The molecule has 0 spiro atoms. The number of furan rings is 1.